The van der Waals surface area contributed by atoms with Crippen LogP contribution in [-0.2, 0) is 22.3 Å². The van der Waals surface area contributed by atoms with Crippen molar-refractivity contribution in [3.05, 3.63) is 70.8 Å². The SMILES string of the molecule is CC(C)[C@H]1c2ccccc2C[C@H]1OCCCCO[C@@H]1Cc2ccccc2[C@@H]1C(C)C. The van der Waals surface area contributed by atoms with Crippen LogP contribution in [0.4, 0.5) is 0 Å². The summed E-state index contributed by atoms with van der Waals surface area (Å²) in [5, 5.41) is 0. The highest BCUT2D eigenvalue weighted by atomic mass is 16.5. The Labute approximate surface area is 183 Å². The summed E-state index contributed by atoms with van der Waals surface area (Å²) in [6, 6.07) is 17.8. The molecular weight excluding hydrogens is 368 g/mol. The quantitative estimate of drug-likeness (QED) is 0.441. The first-order valence-electron chi connectivity index (χ1n) is 11.9. The fourth-order valence-corrected chi connectivity index (χ4v) is 5.75. The van der Waals surface area contributed by atoms with Crippen LogP contribution in [0, 0.1) is 11.8 Å². The molecule has 0 aromatic heterocycles. The highest BCUT2D eigenvalue weighted by molar-refractivity contribution is 5.38. The minimum atomic E-state index is 0.331. The molecule has 4 rings (SSSR count). The van der Waals surface area contributed by atoms with E-state index in [1.165, 1.54) is 22.3 Å². The fourth-order valence-electron chi connectivity index (χ4n) is 5.75. The molecule has 0 fully saturated rings. The van der Waals surface area contributed by atoms with E-state index in [0.717, 1.165) is 38.9 Å². The van der Waals surface area contributed by atoms with Gasteiger partial charge in [-0.15, -0.1) is 0 Å². The van der Waals surface area contributed by atoms with E-state index < -0.39 is 0 Å². The van der Waals surface area contributed by atoms with Crippen LogP contribution >= 0.6 is 0 Å². The van der Waals surface area contributed by atoms with E-state index in [1.807, 2.05) is 0 Å². The molecular formula is C28H38O2. The number of benzene rings is 2. The number of hydrogen-bond donors (Lipinski definition) is 0. The van der Waals surface area contributed by atoms with E-state index in [2.05, 4.69) is 76.2 Å². The van der Waals surface area contributed by atoms with Crippen molar-refractivity contribution in [2.75, 3.05) is 13.2 Å². The molecule has 162 valence electrons. The second-order valence-electron chi connectivity index (χ2n) is 9.87. The van der Waals surface area contributed by atoms with Crippen LogP contribution in [0.5, 0.6) is 0 Å². The first-order chi connectivity index (χ1) is 14.6. The van der Waals surface area contributed by atoms with Gasteiger partial charge in [0.25, 0.3) is 0 Å². The van der Waals surface area contributed by atoms with Crippen LogP contribution in [0.1, 0.15) is 74.6 Å². The van der Waals surface area contributed by atoms with E-state index in [-0.39, 0.29) is 0 Å². The van der Waals surface area contributed by atoms with Gasteiger partial charge in [0.2, 0.25) is 0 Å². The lowest BCUT2D eigenvalue weighted by atomic mass is 9.88. The lowest BCUT2D eigenvalue weighted by Gasteiger charge is -2.25. The lowest BCUT2D eigenvalue weighted by Crippen LogP contribution is -2.24. The molecule has 0 spiro atoms. The number of rotatable bonds is 9. The van der Waals surface area contributed by atoms with Gasteiger partial charge in [0, 0.05) is 25.0 Å². The summed E-state index contributed by atoms with van der Waals surface area (Å²) in [7, 11) is 0. The van der Waals surface area contributed by atoms with Crippen molar-refractivity contribution in [1.29, 1.82) is 0 Å². The van der Waals surface area contributed by atoms with Crippen LogP contribution in [-0.4, -0.2) is 25.4 Å². The minimum Gasteiger partial charge on any atom is -0.377 e. The summed E-state index contributed by atoms with van der Waals surface area (Å²) in [4.78, 5) is 0. The average molecular weight is 407 g/mol. The predicted molar refractivity (Wildman–Crippen MR) is 124 cm³/mol. The smallest absolute Gasteiger partial charge is 0.0686 e. The van der Waals surface area contributed by atoms with Gasteiger partial charge in [0.15, 0.2) is 0 Å². The van der Waals surface area contributed by atoms with Crippen molar-refractivity contribution in [2.45, 2.75) is 77.4 Å². The van der Waals surface area contributed by atoms with Crippen LogP contribution < -0.4 is 0 Å². The number of unbranched alkanes of at least 4 members (excludes halogenated alkanes) is 1. The normalized spacial score (nSPS) is 25.1. The Bertz CT molecular complexity index is 755. The first-order valence-corrected chi connectivity index (χ1v) is 11.9. The van der Waals surface area contributed by atoms with Gasteiger partial charge in [0.05, 0.1) is 12.2 Å². The van der Waals surface area contributed by atoms with Crippen molar-refractivity contribution < 1.29 is 9.47 Å². The largest absolute Gasteiger partial charge is 0.377 e. The van der Waals surface area contributed by atoms with Gasteiger partial charge in [-0.05, 0) is 59.8 Å². The Kier molecular flexibility index (Phi) is 6.95. The molecule has 2 heteroatoms. The maximum Gasteiger partial charge on any atom is 0.0686 e. The van der Waals surface area contributed by atoms with E-state index >= 15 is 0 Å². The molecule has 0 saturated carbocycles. The van der Waals surface area contributed by atoms with Crippen LogP contribution in [0.25, 0.3) is 0 Å². The summed E-state index contributed by atoms with van der Waals surface area (Å²) in [6.07, 6.45) is 4.93. The van der Waals surface area contributed by atoms with Gasteiger partial charge in [-0.25, -0.2) is 0 Å². The van der Waals surface area contributed by atoms with Crippen LogP contribution in [0.15, 0.2) is 48.5 Å². The molecule has 0 aliphatic heterocycles. The fraction of sp³-hybridized carbons (Fsp3) is 0.571. The van der Waals surface area contributed by atoms with Crippen molar-refractivity contribution in [2.24, 2.45) is 11.8 Å². The van der Waals surface area contributed by atoms with Gasteiger partial charge >= 0.3 is 0 Å². The molecule has 2 aromatic carbocycles. The summed E-state index contributed by atoms with van der Waals surface area (Å²) >= 11 is 0. The predicted octanol–water partition coefficient (Wildman–Crippen LogP) is 6.53. The number of ether oxygens (including phenoxy) is 2. The minimum absolute atomic E-state index is 0.331. The zero-order valence-electron chi connectivity index (χ0n) is 19.1. The van der Waals surface area contributed by atoms with E-state index in [9.17, 15) is 0 Å². The highest BCUT2D eigenvalue weighted by Gasteiger charge is 2.36. The van der Waals surface area contributed by atoms with E-state index in [1.54, 1.807) is 0 Å². The van der Waals surface area contributed by atoms with Gasteiger partial charge in [-0.1, -0.05) is 76.2 Å². The topological polar surface area (TPSA) is 18.5 Å². The van der Waals surface area contributed by atoms with Gasteiger partial charge in [-0.3, -0.25) is 0 Å². The summed E-state index contributed by atoms with van der Waals surface area (Å²) in [5.41, 5.74) is 5.96. The Balaban J connectivity index is 1.21. The molecule has 2 nitrogen and oxygen atoms in total. The standard InChI is InChI=1S/C28H38O2/c1-19(2)27-23-13-7-5-11-21(23)17-25(27)29-15-9-10-16-30-26-18-22-12-6-8-14-24(22)28(26)20(3)4/h5-8,11-14,19-20,25-28H,9-10,15-18H2,1-4H3/t25-,26-,27+,28+/m1/s1. The Morgan fingerprint density at radius 3 is 1.47 bits per heavy atom. The van der Waals surface area contributed by atoms with Crippen LogP contribution in [0.3, 0.4) is 0 Å². The molecule has 0 N–H and O–H groups in total. The highest BCUT2D eigenvalue weighted by Crippen LogP contribution is 2.41. The Hall–Kier alpha value is -1.64. The maximum atomic E-state index is 6.39. The lowest BCUT2D eigenvalue weighted by molar-refractivity contribution is 0.0109. The third kappa shape index (κ3) is 4.50. The third-order valence-corrected chi connectivity index (χ3v) is 7.11. The number of hydrogen-bond acceptors (Lipinski definition) is 2. The van der Waals surface area contributed by atoms with Crippen molar-refractivity contribution in [1.82, 2.24) is 0 Å². The molecule has 30 heavy (non-hydrogen) atoms. The maximum absolute atomic E-state index is 6.39. The van der Waals surface area contributed by atoms with E-state index in [0.29, 0.717) is 35.9 Å². The molecule has 0 amide bonds. The Morgan fingerprint density at radius 1 is 0.667 bits per heavy atom. The average Bonchev–Trinajstić information content (AvgIpc) is 3.28. The van der Waals surface area contributed by atoms with Crippen molar-refractivity contribution in [3.63, 3.8) is 0 Å². The molecule has 0 bridgehead atoms. The number of fused-ring (bicyclic) bond motifs is 2. The second-order valence-corrected chi connectivity index (χ2v) is 9.87. The molecule has 4 atom stereocenters. The zero-order valence-corrected chi connectivity index (χ0v) is 19.1. The molecule has 0 heterocycles. The Morgan fingerprint density at radius 2 is 1.07 bits per heavy atom. The molecule has 0 saturated heterocycles. The van der Waals surface area contributed by atoms with Gasteiger partial charge in [0.1, 0.15) is 0 Å². The van der Waals surface area contributed by atoms with Crippen molar-refractivity contribution in [3.8, 4) is 0 Å². The molecule has 2 aromatic rings. The zero-order chi connectivity index (χ0) is 21.1. The first kappa shape index (κ1) is 21.6. The second kappa shape index (κ2) is 9.66. The van der Waals surface area contributed by atoms with Crippen LogP contribution in [0.2, 0.25) is 0 Å². The monoisotopic (exact) mass is 406 g/mol. The van der Waals surface area contributed by atoms with Gasteiger partial charge < -0.3 is 9.47 Å². The molecule has 2 aliphatic carbocycles. The summed E-state index contributed by atoms with van der Waals surface area (Å²) in [5.74, 6) is 2.28. The molecule has 0 unspecified atom stereocenters. The molecule has 0 radical (unpaired) electrons. The van der Waals surface area contributed by atoms with Crippen molar-refractivity contribution >= 4 is 0 Å². The van der Waals surface area contributed by atoms with Gasteiger partial charge in [-0.2, -0.15) is 0 Å². The van der Waals surface area contributed by atoms with E-state index in [4.69, 9.17) is 9.47 Å². The third-order valence-electron chi connectivity index (χ3n) is 7.11. The summed E-state index contributed by atoms with van der Waals surface area (Å²) < 4.78 is 12.8. The molecule has 2 aliphatic rings. The summed E-state index contributed by atoms with van der Waals surface area (Å²) in [6.45, 7) is 11.0.